The van der Waals surface area contributed by atoms with Crippen molar-refractivity contribution < 1.29 is 52.1 Å². The Morgan fingerprint density at radius 1 is 0.228 bits per heavy atom. The Labute approximate surface area is 464 Å². The molecule has 408 valence electrons. The lowest BCUT2D eigenvalue weighted by Gasteiger charge is -2.50. The van der Waals surface area contributed by atoms with Crippen LogP contribution in [0.1, 0.15) is 44.5 Å². The van der Waals surface area contributed by atoms with E-state index in [1.807, 2.05) is 243 Å². The van der Waals surface area contributed by atoms with E-state index in [1.165, 1.54) is 0 Å². The van der Waals surface area contributed by atoms with Gasteiger partial charge in [-0.2, -0.15) is 0 Å². The van der Waals surface area contributed by atoms with Gasteiger partial charge in [0.2, 0.25) is 0 Å². The van der Waals surface area contributed by atoms with Crippen molar-refractivity contribution in [3.63, 3.8) is 0 Å². The number of hydrogen-bond donors (Lipinski definition) is 0. The van der Waals surface area contributed by atoms with Crippen LogP contribution in [-0.4, -0.2) is 74.6 Å². The molecule has 0 bridgehead atoms. The lowest BCUT2D eigenvalue weighted by molar-refractivity contribution is -0.384. The molecule has 11 heteroatoms. The predicted molar refractivity (Wildman–Crippen MR) is 301 cm³/mol. The van der Waals surface area contributed by atoms with Crippen LogP contribution in [0.2, 0.25) is 0 Å². The maximum atomic E-state index is 7.59. The SMILES string of the molecule is c1ccc(COC[C@@H]2O[C@@H](O[C@H]3[C@H](OCc4ccccc4)O[C@H](COCc4ccccc4)[C@H](OCc4ccccc4)[C@@H]3OCc3ccccc3)[C@@H](OCc3ccccc3)[C@H](OCc3ccccc3)[C@H]2OCc2ccccc2)cc1. The zero-order valence-corrected chi connectivity index (χ0v) is 44.4. The number of benzene rings is 8. The van der Waals surface area contributed by atoms with E-state index in [0.29, 0.717) is 13.2 Å². The molecule has 2 aliphatic heterocycles. The van der Waals surface area contributed by atoms with Crippen LogP contribution < -0.4 is 0 Å². The van der Waals surface area contributed by atoms with Gasteiger partial charge in [-0.25, -0.2) is 0 Å². The van der Waals surface area contributed by atoms with Crippen LogP contribution in [0.4, 0.5) is 0 Å². The molecule has 0 unspecified atom stereocenters. The van der Waals surface area contributed by atoms with Crippen LogP contribution in [0, 0.1) is 0 Å². The van der Waals surface area contributed by atoms with E-state index in [2.05, 4.69) is 0 Å². The molecular formula is C68H70O11. The third-order valence-corrected chi connectivity index (χ3v) is 13.9. The fourth-order valence-electron chi connectivity index (χ4n) is 9.85. The second-order valence-corrected chi connectivity index (χ2v) is 19.8. The Morgan fingerprint density at radius 3 is 0.785 bits per heavy atom. The van der Waals surface area contributed by atoms with E-state index in [0.717, 1.165) is 44.5 Å². The van der Waals surface area contributed by atoms with Crippen LogP contribution in [-0.2, 0) is 105 Å². The van der Waals surface area contributed by atoms with E-state index >= 15 is 0 Å². The van der Waals surface area contributed by atoms with Crippen LogP contribution in [0.15, 0.2) is 243 Å². The molecule has 2 fully saturated rings. The van der Waals surface area contributed by atoms with Crippen molar-refractivity contribution in [2.75, 3.05) is 13.2 Å². The zero-order chi connectivity index (χ0) is 53.5. The summed E-state index contributed by atoms with van der Waals surface area (Å²) in [6.45, 7) is 2.45. The summed E-state index contributed by atoms with van der Waals surface area (Å²) < 4.78 is 77.7. The van der Waals surface area contributed by atoms with E-state index in [9.17, 15) is 0 Å². The van der Waals surface area contributed by atoms with E-state index in [-0.39, 0.29) is 52.9 Å². The summed E-state index contributed by atoms with van der Waals surface area (Å²) in [4.78, 5) is 0. The number of rotatable bonds is 28. The molecule has 2 saturated heterocycles. The third kappa shape index (κ3) is 16.7. The fourth-order valence-corrected chi connectivity index (χ4v) is 9.85. The molecule has 10 atom stereocenters. The average molecular weight is 1060 g/mol. The summed E-state index contributed by atoms with van der Waals surface area (Å²) in [6, 6.07) is 80.6. The highest BCUT2D eigenvalue weighted by Gasteiger charge is 2.55. The number of ether oxygens (including phenoxy) is 11. The molecule has 0 aliphatic carbocycles. The lowest BCUT2D eigenvalue weighted by Crippen LogP contribution is -2.66. The van der Waals surface area contributed by atoms with Gasteiger partial charge in [-0.15, -0.1) is 0 Å². The Hall–Kier alpha value is -6.68. The minimum atomic E-state index is -1.13. The molecular weight excluding hydrogens is 993 g/mol. The third-order valence-electron chi connectivity index (χ3n) is 13.9. The predicted octanol–water partition coefficient (Wildman–Crippen LogP) is 12.4. The lowest BCUT2D eigenvalue weighted by atomic mass is 9.96. The summed E-state index contributed by atoms with van der Waals surface area (Å²) in [5, 5.41) is 0. The van der Waals surface area contributed by atoms with Crippen molar-refractivity contribution in [3.05, 3.63) is 287 Å². The molecule has 8 aromatic rings. The molecule has 2 aliphatic rings. The summed E-state index contributed by atoms with van der Waals surface area (Å²) in [5.74, 6) is 0. The molecule has 0 saturated carbocycles. The summed E-state index contributed by atoms with van der Waals surface area (Å²) in [6.07, 6.45) is -8.50. The molecule has 10 rings (SSSR count). The summed E-state index contributed by atoms with van der Waals surface area (Å²) in [7, 11) is 0. The highest BCUT2D eigenvalue weighted by molar-refractivity contribution is 5.20. The molecule has 0 N–H and O–H groups in total. The maximum absolute atomic E-state index is 7.59. The molecule has 0 aromatic heterocycles. The highest BCUT2D eigenvalue weighted by Crippen LogP contribution is 2.37. The highest BCUT2D eigenvalue weighted by atomic mass is 16.8. The largest absolute Gasteiger partial charge is 0.374 e. The first-order chi connectivity index (χ1) is 39.2. The monoisotopic (exact) mass is 1060 g/mol. The van der Waals surface area contributed by atoms with Crippen LogP contribution in [0.3, 0.4) is 0 Å². The zero-order valence-electron chi connectivity index (χ0n) is 44.4. The van der Waals surface area contributed by atoms with Crippen LogP contribution >= 0.6 is 0 Å². The molecule has 2 heterocycles. The standard InChI is InChI=1S/C68H70O11/c1-9-25-51(26-10-1)41-69-49-59-62(72-44-54-31-15-4-16-32-54)64(74-46-56-35-19-6-20-36-56)66(67(77-59)76-48-58-39-23-8-24-40-58)79-68-65(75-47-57-37-21-7-22-38-57)63(73-45-55-33-17-5-18-34-55)61(71-43-53-29-13-3-14-30-53)60(78-68)50-70-42-52-27-11-2-12-28-52/h1-40,59-68H,41-50H2/t59-,60+,61+,62+,63-,64+,65+,66-,67-,68+/m1/s1. The van der Waals surface area contributed by atoms with Gasteiger partial charge in [-0.1, -0.05) is 243 Å². The number of hydrogen-bond acceptors (Lipinski definition) is 11. The Morgan fingerprint density at radius 2 is 0.468 bits per heavy atom. The van der Waals surface area contributed by atoms with E-state index < -0.39 is 61.4 Å². The minimum absolute atomic E-state index is 0.136. The molecule has 0 radical (unpaired) electrons. The van der Waals surface area contributed by atoms with Crippen molar-refractivity contribution in [2.45, 2.75) is 114 Å². The van der Waals surface area contributed by atoms with Gasteiger partial charge in [-0.05, 0) is 44.5 Å². The second-order valence-electron chi connectivity index (χ2n) is 19.8. The van der Waals surface area contributed by atoms with Gasteiger partial charge in [0.15, 0.2) is 12.6 Å². The average Bonchev–Trinajstić information content (AvgIpc) is 3.55. The molecule has 11 nitrogen and oxygen atoms in total. The van der Waals surface area contributed by atoms with Gasteiger partial charge in [0.25, 0.3) is 0 Å². The minimum Gasteiger partial charge on any atom is -0.374 e. The Kier molecular flexibility index (Phi) is 21.2. The Bertz CT molecular complexity index is 2890. The van der Waals surface area contributed by atoms with Gasteiger partial charge < -0.3 is 52.1 Å². The van der Waals surface area contributed by atoms with Crippen molar-refractivity contribution in [3.8, 4) is 0 Å². The first-order valence-corrected chi connectivity index (χ1v) is 27.3. The first-order valence-electron chi connectivity index (χ1n) is 27.3. The van der Waals surface area contributed by atoms with Crippen LogP contribution in [0.5, 0.6) is 0 Å². The van der Waals surface area contributed by atoms with Crippen molar-refractivity contribution in [2.24, 2.45) is 0 Å². The van der Waals surface area contributed by atoms with Crippen molar-refractivity contribution in [1.29, 1.82) is 0 Å². The summed E-state index contributed by atoms with van der Waals surface area (Å²) >= 11 is 0. The van der Waals surface area contributed by atoms with Gasteiger partial charge in [0, 0.05) is 0 Å². The summed E-state index contributed by atoms with van der Waals surface area (Å²) in [5.41, 5.74) is 7.89. The maximum Gasteiger partial charge on any atom is 0.187 e. The van der Waals surface area contributed by atoms with Gasteiger partial charge in [0.05, 0.1) is 66.1 Å². The van der Waals surface area contributed by atoms with Crippen LogP contribution in [0.25, 0.3) is 0 Å². The molecule has 0 amide bonds. The second kappa shape index (κ2) is 30.1. The normalized spacial score (nSPS) is 23.0. The first kappa shape index (κ1) is 55.6. The molecule has 79 heavy (non-hydrogen) atoms. The quantitative estimate of drug-likeness (QED) is 0.0469. The van der Waals surface area contributed by atoms with Gasteiger partial charge >= 0.3 is 0 Å². The molecule has 8 aromatic carbocycles. The van der Waals surface area contributed by atoms with Crippen molar-refractivity contribution >= 4 is 0 Å². The van der Waals surface area contributed by atoms with E-state index in [4.69, 9.17) is 52.1 Å². The van der Waals surface area contributed by atoms with Gasteiger partial charge in [0.1, 0.15) is 48.8 Å². The molecule has 0 spiro atoms. The fraction of sp³-hybridized carbons (Fsp3) is 0.294. The Balaban J connectivity index is 1.05. The smallest absolute Gasteiger partial charge is 0.187 e. The topological polar surface area (TPSA) is 102 Å². The van der Waals surface area contributed by atoms with Crippen molar-refractivity contribution in [1.82, 2.24) is 0 Å². The van der Waals surface area contributed by atoms with E-state index in [1.54, 1.807) is 0 Å². The van der Waals surface area contributed by atoms with Gasteiger partial charge in [-0.3, -0.25) is 0 Å².